The van der Waals surface area contributed by atoms with Crippen molar-refractivity contribution >= 4 is 53.4 Å². The van der Waals surface area contributed by atoms with Crippen LogP contribution >= 0.6 is 11.3 Å². The number of oxazole rings is 1. The maximum absolute atomic E-state index is 6.72. The lowest BCUT2D eigenvalue weighted by molar-refractivity contribution is 0.621. The summed E-state index contributed by atoms with van der Waals surface area (Å²) < 4.78 is 9.12. The Balaban J connectivity index is 1.13. The molecule has 0 aliphatic carbocycles. The third-order valence-electron chi connectivity index (χ3n) is 9.16. The molecule has 0 aliphatic heterocycles. The summed E-state index contributed by atoms with van der Waals surface area (Å²) in [7, 11) is 0. The predicted molar refractivity (Wildman–Crippen MR) is 205 cm³/mol. The summed E-state index contributed by atoms with van der Waals surface area (Å²) in [4.78, 5) is 19.9. The lowest BCUT2D eigenvalue weighted by Crippen LogP contribution is -2.00. The lowest BCUT2D eigenvalue weighted by atomic mass is 10.0. The summed E-state index contributed by atoms with van der Waals surface area (Å²) in [5, 5.41) is 4.66. The number of hydrogen-bond donors (Lipinski definition) is 0. The van der Waals surface area contributed by atoms with E-state index in [0.717, 1.165) is 55.3 Å². The van der Waals surface area contributed by atoms with E-state index in [4.69, 9.17) is 24.4 Å². The van der Waals surface area contributed by atoms with E-state index in [1.165, 1.54) is 20.2 Å². The van der Waals surface area contributed by atoms with Crippen LogP contribution in [0.2, 0.25) is 0 Å². The van der Waals surface area contributed by atoms with Crippen LogP contribution in [0.5, 0.6) is 0 Å². The molecule has 7 aromatic carbocycles. The highest BCUT2D eigenvalue weighted by atomic mass is 32.1. The van der Waals surface area contributed by atoms with Gasteiger partial charge in [-0.25, -0.2) is 19.9 Å². The van der Waals surface area contributed by atoms with Crippen molar-refractivity contribution in [3.8, 4) is 56.7 Å². The highest BCUT2D eigenvalue weighted by Crippen LogP contribution is 2.44. The Morgan fingerprint density at radius 3 is 1.68 bits per heavy atom. The molecule has 5 nitrogen and oxygen atoms in total. The Morgan fingerprint density at radius 1 is 0.420 bits per heavy atom. The van der Waals surface area contributed by atoms with E-state index < -0.39 is 0 Å². The van der Waals surface area contributed by atoms with E-state index in [2.05, 4.69) is 97.1 Å². The van der Waals surface area contributed by atoms with E-state index in [1.807, 2.05) is 60.7 Å². The maximum atomic E-state index is 6.72. The monoisotopic (exact) mass is 658 g/mol. The third kappa shape index (κ3) is 4.85. The lowest BCUT2D eigenvalue weighted by Gasteiger charge is -2.09. The summed E-state index contributed by atoms with van der Waals surface area (Å²) in [6.07, 6.45) is 0. The van der Waals surface area contributed by atoms with E-state index in [1.54, 1.807) is 11.3 Å². The minimum Gasteiger partial charge on any atom is -0.435 e. The maximum Gasteiger partial charge on any atom is 0.227 e. The minimum absolute atomic E-state index is 0.610. The molecule has 3 heterocycles. The zero-order chi connectivity index (χ0) is 33.0. The molecule has 6 heteroatoms. The minimum atomic E-state index is 0.610. The summed E-state index contributed by atoms with van der Waals surface area (Å²) in [6.45, 7) is 0. The number of benzene rings is 7. The van der Waals surface area contributed by atoms with Crippen LogP contribution in [0.15, 0.2) is 162 Å². The Hall–Kier alpha value is -6.50. The molecule has 0 amide bonds. The number of thiophene rings is 1. The molecule has 0 spiro atoms. The number of hydrogen-bond acceptors (Lipinski definition) is 6. The van der Waals surface area contributed by atoms with Gasteiger partial charge in [0.05, 0.1) is 0 Å². The van der Waals surface area contributed by atoms with Gasteiger partial charge in [0, 0.05) is 48.0 Å². The van der Waals surface area contributed by atoms with E-state index >= 15 is 0 Å². The van der Waals surface area contributed by atoms with Gasteiger partial charge in [-0.3, -0.25) is 0 Å². The van der Waals surface area contributed by atoms with Crippen molar-refractivity contribution in [1.29, 1.82) is 0 Å². The molecule has 50 heavy (non-hydrogen) atoms. The van der Waals surface area contributed by atoms with Gasteiger partial charge in [0.1, 0.15) is 5.52 Å². The number of fused-ring (bicyclic) bond motifs is 6. The van der Waals surface area contributed by atoms with Gasteiger partial charge < -0.3 is 4.42 Å². The summed E-state index contributed by atoms with van der Waals surface area (Å²) >= 11 is 1.78. The van der Waals surface area contributed by atoms with Crippen molar-refractivity contribution in [3.63, 3.8) is 0 Å². The highest BCUT2D eigenvalue weighted by molar-refractivity contribution is 7.26. The molecule has 0 N–H and O–H groups in total. The summed E-state index contributed by atoms with van der Waals surface area (Å²) in [5.74, 6) is 2.50. The van der Waals surface area contributed by atoms with E-state index in [9.17, 15) is 0 Å². The second-order valence-corrected chi connectivity index (χ2v) is 13.4. The van der Waals surface area contributed by atoms with Crippen LogP contribution < -0.4 is 0 Å². The second kappa shape index (κ2) is 11.6. The molecule has 234 valence electrons. The van der Waals surface area contributed by atoms with Gasteiger partial charge >= 0.3 is 0 Å². The molecule has 0 unspecified atom stereocenters. The summed E-state index contributed by atoms with van der Waals surface area (Å²) in [6, 6.07) is 54.0. The highest BCUT2D eigenvalue weighted by Gasteiger charge is 2.21. The molecule has 0 bridgehead atoms. The SMILES string of the molecule is c1ccc(-c2nc(-c3ccccc3)nc(-c3ccc(-c4cc5sc6ccccc6c5c5nc(-c6ccc7ccccc7c6)oc45)cc3)n2)cc1. The third-order valence-corrected chi connectivity index (χ3v) is 10.3. The average molecular weight is 659 g/mol. The van der Waals surface area contributed by atoms with Crippen LogP contribution in [0.4, 0.5) is 0 Å². The van der Waals surface area contributed by atoms with Gasteiger partial charge in [-0.05, 0) is 40.6 Å². The van der Waals surface area contributed by atoms with Crippen molar-refractivity contribution in [1.82, 2.24) is 19.9 Å². The fourth-order valence-electron chi connectivity index (χ4n) is 6.68. The van der Waals surface area contributed by atoms with Crippen molar-refractivity contribution < 1.29 is 4.42 Å². The van der Waals surface area contributed by atoms with Gasteiger partial charge in [-0.1, -0.05) is 133 Å². The van der Waals surface area contributed by atoms with Gasteiger partial charge in [0.2, 0.25) is 5.89 Å². The quantitative estimate of drug-likeness (QED) is 0.184. The molecule has 0 saturated carbocycles. The topological polar surface area (TPSA) is 64.7 Å². The molecule has 0 atom stereocenters. The zero-order valence-corrected chi connectivity index (χ0v) is 27.4. The molecule has 0 saturated heterocycles. The Kier molecular flexibility index (Phi) is 6.60. The Labute approximate surface area is 291 Å². The predicted octanol–water partition coefficient (Wildman–Crippen LogP) is 11.9. The molecule has 10 rings (SSSR count). The van der Waals surface area contributed by atoms with Crippen molar-refractivity contribution in [2.45, 2.75) is 0 Å². The summed E-state index contributed by atoms with van der Waals surface area (Å²) in [5.41, 5.74) is 7.41. The zero-order valence-electron chi connectivity index (χ0n) is 26.6. The van der Waals surface area contributed by atoms with Crippen molar-refractivity contribution in [2.24, 2.45) is 0 Å². The normalized spacial score (nSPS) is 11.6. The molecule has 0 radical (unpaired) electrons. The molecular formula is C44H26N4OS. The van der Waals surface area contributed by atoms with Crippen LogP contribution in [0.25, 0.3) is 98.8 Å². The van der Waals surface area contributed by atoms with Gasteiger partial charge in [-0.2, -0.15) is 0 Å². The van der Waals surface area contributed by atoms with Gasteiger partial charge in [-0.15, -0.1) is 11.3 Å². The van der Waals surface area contributed by atoms with Gasteiger partial charge in [0.15, 0.2) is 23.1 Å². The molecule has 0 aliphatic rings. The molecular weight excluding hydrogens is 633 g/mol. The van der Waals surface area contributed by atoms with Crippen LogP contribution in [0, 0.1) is 0 Å². The van der Waals surface area contributed by atoms with Crippen molar-refractivity contribution in [2.75, 3.05) is 0 Å². The van der Waals surface area contributed by atoms with Crippen LogP contribution in [0.3, 0.4) is 0 Å². The Bertz CT molecular complexity index is 2800. The fraction of sp³-hybridized carbons (Fsp3) is 0. The molecule has 0 fully saturated rings. The number of nitrogens with zero attached hydrogens (tertiary/aromatic N) is 4. The number of aromatic nitrogens is 4. The second-order valence-electron chi connectivity index (χ2n) is 12.3. The first-order valence-electron chi connectivity index (χ1n) is 16.5. The first kappa shape index (κ1) is 28.5. The van der Waals surface area contributed by atoms with Crippen LogP contribution in [-0.2, 0) is 0 Å². The number of rotatable bonds is 5. The van der Waals surface area contributed by atoms with E-state index in [-0.39, 0.29) is 0 Å². The average Bonchev–Trinajstić information content (AvgIpc) is 3.80. The first-order chi connectivity index (χ1) is 24.7. The van der Waals surface area contributed by atoms with Crippen LogP contribution in [-0.4, -0.2) is 19.9 Å². The smallest absolute Gasteiger partial charge is 0.227 e. The fourth-order valence-corrected chi connectivity index (χ4v) is 7.82. The van der Waals surface area contributed by atoms with E-state index in [0.29, 0.717) is 23.4 Å². The van der Waals surface area contributed by atoms with Gasteiger partial charge in [0.25, 0.3) is 0 Å². The first-order valence-corrected chi connectivity index (χ1v) is 17.3. The Morgan fingerprint density at radius 2 is 0.980 bits per heavy atom. The molecule has 10 aromatic rings. The van der Waals surface area contributed by atoms with Crippen LogP contribution in [0.1, 0.15) is 0 Å². The largest absolute Gasteiger partial charge is 0.435 e. The standard InChI is InChI=1S/C44H26N4OS/c1-3-12-29(13-4-1)41-46-42(30-14-5-2-6-15-30)48-43(47-41)31-22-20-28(21-23-31)35-26-37-38(34-17-9-10-18-36(34)50-37)39-40(35)49-44(45-39)33-24-19-27-11-7-8-16-32(27)25-33/h1-26H. The molecule has 3 aromatic heterocycles. The van der Waals surface area contributed by atoms with Crippen molar-refractivity contribution in [3.05, 3.63) is 158 Å².